The zero-order chi connectivity index (χ0) is 14.0. The molecule has 19 heavy (non-hydrogen) atoms. The molecule has 1 aromatic heterocycles. The summed E-state index contributed by atoms with van der Waals surface area (Å²) in [5.41, 5.74) is 7.55. The Morgan fingerprint density at radius 3 is 2.74 bits per heavy atom. The van der Waals surface area contributed by atoms with E-state index in [1.807, 2.05) is 6.92 Å². The molecule has 0 aliphatic carbocycles. The highest BCUT2D eigenvalue weighted by Gasteiger charge is 2.12. The summed E-state index contributed by atoms with van der Waals surface area (Å²) in [6, 6.07) is 5.37. The van der Waals surface area contributed by atoms with Crippen molar-refractivity contribution in [1.82, 2.24) is 9.97 Å². The average molecular weight is 262 g/mol. The first-order valence-corrected chi connectivity index (χ1v) is 6.21. The molecule has 1 unspecified atom stereocenters. The third-order valence-corrected chi connectivity index (χ3v) is 3.07. The van der Waals surface area contributed by atoms with Crippen molar-refractivity contribution in [1.29, 1.82) is 0 Å². The molecule has 1 heterocycles. The van der Waals surface area contributed by atoms with E-state index in [0.717, 1.165) is 11.2 Å². The fourth-order valence-electron chi connectivity index (χ4n) is 1.89. The minimum atomic E-state index is -0.252. The van der Waals surface area contributed by atoms with E-state index >= 15 is 0 Å². The Balaban J connectivity index is 2.18. The molecule has 4 N–H and O–H groups in total. The van der Waals surface area contributed by atoms with Crippen molar-refractivity contribution in [3.05, 3.63) is 28.7 Å². The molecular weight excluding hydrogens is 244 g/mol. The molecule has 2 aromatic rings. The standard InChI is InChI=1S/C13H18N4O2/c1-8(14)3-6-12(18)17(2)9-4-5-10-11(7-9)16-13(19)15-10/h4-5,7-8H,3,6,14H2,1-2H3,(H2,15,16,19). The number of hydrogen-bond acceptors (Lipinski definition) is 3. The number of nitrogens with two attached hydrogens (primary N) is 1. The van der Waals surface area contributed by atoms with Gasteiger partial charge in [0.2, 0.25) is 5.91 Å². The zero-order valence-electron chi connectivity index (χ0n) is 11.1. The molecule has 0 bridgehead atoms. The summed E-state index contributed by atoms with van der Waals surface area (Å²) in [7, 11) is 1.72. The van der Waals surface area contributed by atoms with E-state index in [1.54, 1.807) is 30.1 Å². The molecule has 0 aliphatic heterocycles. The van der Waals surface area contributed by atoms with Gasteiger partial charge >= 0.3 is 5.69 Å². The first kappa shape index (κ1) is 13.4. The van der Waals surface area contributed by atoms with Gasteiger partial charge in [0, 0.05) is 25.2 Å². The van der Waals surface area contributed by atoms with Crippen LogP contribution in [0.1, 0.15) is 19.8 Å². The largest absolute Gasteiger partial charge is 0.328 e. The first-order chi connectivity index (χ1) is 8.97. The Morgan fingerprint density at radius 2 is 2.05 bits per heavy atom. The van der Waals surface area contributed by atoms with Gasteiger partial charge < -0.3 is 20.6 Å². The van der Waals surface area contributed by atoms with Crippen molar-refractivity contribution in [2.75, 3.05) is 11.9 Å². The number of nitrogens with one attached hydrogen (secondary N) is 2. The Labute approximate surface area is 110 Å². The van der Waals surface area contributed by atoms with Crippen LogP contribution in [-0.2, 0) is 4.79 Å². The van der Waals surface area contributed by atoms with Crippen LogP contribution in [0.4, 0.5) is 5.69 Å². The van der Waals surface area contributed by atoms with E-state index in [4.69, 9.17) is 5.73 Å². The van der Waals surface area contributed by atoms with Crippen LogP contribution in [0.15, 0.2) is 23.0 Å². The van der Waals surface area contributed by atoms with Crippen LogP contribution in [0.3, 0.4) is 0 Å². The van der Waals surface area contributed by atoms with E-state index in [9.17, 15) is 9.59 Å². The summed E-state index contributed by atoms with van der Waals surface area (Å²) in [6.07, 6.45) is 1.07. The molecule has 6 heteroatoms. The predicted octanol–water partition coefficient (Wildman–Crippen LogP) is 0.946. The number of aromatic nitrogens is 2. The number of nitrogens with zero attached hydrogens (tertiary/aromatic N) is 1. The third kappa shape index (κ3) is 3.03. The number of anilines is 1. The summed E-state index contributed by atoms with van der Waals surface area (Å²) < 4.78 is 0. The summed E-state index contributed by atoms with van der Waals surface area (Å²) in [4.78, 5) is 30.1. The number of carbonyl (C=O) groups is 1. The molecule has 2 rings (SSSR count). The predicted molar refractivity (Wildman–Crippen MR) is 75.2 cm³/mol. The van der Waals surface area contributed by atoms with E-state index in [0.29, 0.717) is 18.4 Å². The monoisotopic (exact) mass is 262 g/mol. The van der Waals surface area contributed by atoms with Crippen LogP contribution < -0.4 is 16.3 Å². The van der Waals surface area contributed by atoms with E-state index in [-0.39, 0.29) is 17.6 Å². The number of amides is 1. The van der Waals surface area contributed by atoms with Gasteiger partial charge in [0.15, 0.2) is 0 Å². The first-order valence-electron chi connectivity index (χ1n) is 6.21. The van der Waals surface area contributed by atoms with Crippen molar-refractivity contribution in [2.45, 2.75) is 25.8 Å². The number of benzene rings is 1. The van der Waals surface area contributed by atoms with Gasteiger partial charge in [0.05, 0.1) is 11.0 Å². The Morgan fingerprint density at radius 1 is 1.37 bits per heavy atom. The summed E-state index contributed by atoms with van der Waals surface area (Å²) >= 11 is 0. The maximum Gasteiger partial charge on any atom is 0.323 e. The molecule has 0 fully saturated rings. The zero-order valence-corrected chi connectivity index (χ0v) is 11.1. The van der Waals surface area contributed by atoms with Gasteiger partial charge in [-0.3, -0.25) is 4.79 Å². The minimum absolute atomic E-state index is 0.00883. The lowest BCUT2D eigenvalue weighted by Gasteiger charge is -2.18. The van der Waals surface area contributed by atoms with Crippen molar-refractivity contribution in [3.63, 3.8) is 0 Å². The molecular formula is C13H18N4O2. The maximum absolute atomic E-state index is 12.0. The molecule has 1 atom stereocenters. The normalized spacial score (nSPS) is 12.6. The van der Waals surface area contributed by atoms with Gasteiger partial charge in [-0.15, -0.1) is 0 Å². The van der Waals surface area contributed by atoms with Crippen LogP contribution in [0.5, 0.6) is 0 Å². The number of H-pyrrole nitrogens is 2. The van der Waals surface area contributed by atoms with Crippen LogP contribution >= 0.6 is 0 Å². The fourth-order valence-corrected chi connectivity index (χ4v) is 1.89. The van der Waals surface area contributed by atoms with Crippen LogP contribution in [0.25, 0.3) is 11.0 Å². The molecule has 0 radical (unpaired) electrons. The Kier molecular flexibility index (Phi) is 3.71. The number of carbonyl (C=O) groups excluding carboxylic acids is 1. The number of aromatic amines is 2. The van der Waals surface area contributed by atoms with Gasteiger partial charge in [0.1, 0.15) is 0 Å². The fraction of sp³-hybridized carbons (Fsp3) is 0.385. The van der Waals surface area contributed by atoms with E-state index in [1.165, 1.54) is 0 Å². The second-order valence-corrected chi connectivity index (χ2v) is 4.78. The van der Waals surface area contributed by atoms with Gasteiger partial charge in [-0.1, -0.05) is 0 Å². The number of hydrogen-bond donors (Lipinski definition) is 3. The van der Waals surface area contributed by atoms with Crippen LogP contribution in [-0.4, -0.2) is 29.0 Å². The third-order valence-electron chi connectivity index (χ3n) is 3.07. The summed E-state index contributed by atoms with van der Waals surface area (Å²) in [5.74, 6) is 0.00883. The molecule has 102 valence electrons. The number of imidazole rings is 1. The Bertz CT molecular complexity index is 641. The molecule has 6 nitrogen and oxygen atoms in total. The number of rotatable bonds is 4. The van der Waals surface area contributed by atoms with Crippen molar-refractivity contribution in [3.8, 4) is 0 Å². The average Bonchev–Trinajstić information content (AvgIpc) is 2.73. The molecule has 0 saturated carbocycles. The lowest BCUT2D eigenvalue weighted by atomic mass is 10.1. The van der Waals surface area contributed by atoms with Crippen LogP contribution in [0.2, 0.25) is 0 Å². The summed E-state index contributed by atoms with van der Waals surface area (Å²) in [5, 5.41) is 0. The highest BCUT2D eigenvalue weighted by atomic mass is 16.2. The minimum Gasteiger partial charge on any atom is -0.328 e. The van der Waals surface area contributed by atoms with E-state index in [2.05, 4.69) is 9.97 Å². The highest BCUT2D eigenvalue weighted by Crippen LogP contribution is 2.18. The second kappa shape index (κ2) is 5.27. The van der Waals surface area contributed by atoms with Crippen LogP contribution in [0, 0.1) is 0 Å². The maximum atomic E-state index is 12.0. The van der Waals surface area contributed by atoms with Crippen molar-refractivity contribution >= 4 is 22.6 Å². The van der Waals surface area contributed by atoms with Crippen molar-refractivity contribution < 1.29 is 4.79 Å². The van der Waals surface area contributed by atoms with Crippen molar-refractivity contribution in [2.24, 2.45) is 5.73 Å². The second-order valence-electron chi connectivity index (χ2n) is 4.78. The van der Waals surface area contributed by atoms with Gasteiger partial charge in [0.25, 0.3) is 0 Å². The van der Waals surface area contributed by atoms with Gasteiger partial charge in [-0.2, -0.15) is 0 Å². The SMILES string of the molecule is CC(N)CCC(=O)N(C)c1ccc2[nH]c(=O)[nH]c2c1. The molecule has 0 aliphatic rings. The van der Waals surface area contributed by atoms with Gasteiger partial charge in [-0.25, -0.2) is 4.79 Å². The summed E-state index contributed by atoms with van der Waals surface area (Å²) in [6.45, 7) is 1.88. The number of fused-ring (bicyclic) bond motifs is 1. The molecule has 1 aromatic carbocycles. The highest BCUT2D eigenvalue weighted by molar-refractivity contribution is 5.94. The van der Waals surface area contributed by atoms with Gasteiger partial charge in [-0.05, 0) is 31.5 Å². The smallest absolute Gasteiger partial charge is 0.323 e. The molecule has 1 amide bonds. The lowest BCUT2D eigenvalue weighted by Crippen LogP contribution is -2.28. The lowest BCUT2D eigenvalue weighted by molar-refractivity contribution is -0.118. The molecule has 0 spiro atoms. The van der Waals surface area contributed by atoms with E-state index < -0.39 is 0 Å². The Hall–Kier alpha value is -2.08. The quantitative estimate of drug-likeness (QED) is 0.765. The molecule has 0 saturated heterocycles. The topological polar surface area (TPSA) is 95.0 Å².